The molecule has 1 aliphatic rings. The number of hydrogen-bond donors (Lipinski definition) is 2. The molecule has 3 aromatic carbocycles. The monoisotopic (exact) mass is 597 g/mol. The molecule has 10 heteroatoms. The first-order valence-corrected chi connectivity index (χ1v) is 14.3. The van der Waals surface area contributed by atoms with Gasteiger partial charge < -0.3 is 20.1 Å². The number of carbonyl (C=O) groups excluding carboxylic acids is 2. The van der Waals surface area contributed by atoms with Gasteiger partial charge >= 0.3 is 6.18 Å². The molecule has 0 saturated heterocycles. The third kappa shape index (κ3) is 8.81. The molecule has 2 amide bonds. The van der Waals surface area contributed by atoms with Crippen LogP contribution < -0.4 is 10.1 Å². The van der Waals surface area contributed by atoms with Gasteiger partial charge in [0.1, 0.15) is 11.9 Å². The third-order valence-electron chi connectivity index (χ3n) is 7.63. The number of alkyl halides is 3. The Balaban J connectivity index is 1.54. The first-order valence-electron chi connectivity index (χ1n) is 14.3. The number of aliphatic hydroxyl groups is 1. The van der Waals surface area contributed by atoms with Crippen molar-refractivity contribution >= 4 is 17.5 Å². The van der Waals surface area contributed by atoms with Crippen molar-refractivity contribution in [3.63, 3.8) is 0 Å². The lowest BCUT2D eigenvalue weighted by Crippen LogP contribution is -2.47. The minimum absolute atomic E-state index is 0.0307. The number of ether oxygens (including phenoxy) is 1. The quantitative estimate of drug-likeness (QED) is 0.356. The van der Waals surface area contributed by atoms with Crippen molar-refractivity contribution in [2.75, 3.05) is 32.1 Å². The van der Waals surface area contributed by atoms with Crippen molar-refractivity contribution in [3.8, 4) is 5.75 Å². The molecule has 4 rings (SSSR count). The second-order valence-corrected chi connectivity index (χ2v) is 11.3. The summed E-state index contributed by atoms with van der Waals surface area (Å²) in [5.74, 6) is 0.0371. The zero-order valence-corrected chi connectivity index (χ0v) is 24.6. The van der Waals surface area contributed by atoms with Crippen LogP contribution in [0.1, 0.15) is 36.1 Å². The second-order valence-electron chi connectivity index (χ2n) is 11.3. The SMILES string of the molecule is C[C@@H]1CN([C@H](C)CO)C(=O)Cc2cc(NC(=O)Cc3ccccc3)ccc2O[C@@H]1CN(C)Cc1ccc(C(F)(F)F)cc1. The molecule has 0 bridgehead atoms. The number of rotatable bonds is 9. The Kier molecular flexibility index (Phi) is 10.5. The zero-order valence-electron chi connectivity index (χ0n) is 24.6. The summed E-state index contributed by atoms with van der Waals surface area (Å²) in [4.78, 5) is 29.8. The van der Waals surface area contributed by atoms with Crippen LogP contribution in [0.15, 0.2) is 72.8 Å². The largest absolute Gasteiger partial charge is 0.488 e. The molecule has 43 heavy (non-hydrogen) atoms. The molecule has 0 spiro atoms. The number of nitrogens with one attached hydrogen (secondary N) is 1. The summed E-state index contributed by atoms with van der Waals surface area (Å²) in [5, 5.41) is 12.8. The van der Waals surface area contributed by atoms with E-state index in [2.05, 4.69) is 5.32 Å². The van der Waals surface area contributed by atoms with E-state index >= 15 is 0 Å². The maximum atomic E-state index is 13.5. The molecule has 2 N–H and O–H groups in total. The van der Waals surface area contributed by atoms with Gasteiger partial charge in [-0.15, -0.1) is 0 Å². The van der Waals surface area contributed by atoms with E-state index < -0.39 is 17.8 Å². The van der Waals surface area contributed by atoms with Gasteiger partial charge in [0.25, 0.3) is 0 Å². The molecule has 0 radical (unpaired) electrons. The van der Waals surface area contributed by atoms with Gasteiger partial charge in [-0.05, 0) is 55.4 Å². The van der Waals surface area contributed by atoms with E-state index in [0.717, 1.165) is 23.3 Å². The van der Waals surface area contributed by atoms with Gasteiger partial charge in [-0.25, -0.2) is 0 Å². The minimum Gasteiger partial charge on any atom is -0.488 e. The fourth-order valence-electron chi connectivity index (χ4n) is 5.19. The Morgan fingerprint density at radius 2 is 1.79 bits per heavy atom. The molecule has 0 aliphatic carbocycles. The number of carbonyl (C=O) groups is 2. The van der Waals surface area contributed by atoms with Crippen LogP contribution in [0.25, 0.3) is 0 Å². The maximum absolute atomic E-state index is 13.5. The van der Waals surface area contributed by atoms with Crippen molar-refractivity contribution in [1.29, 1.82) is 0 Å². The Labute approximate surface area is 250 Å². The van der Waals surface area contributed by atoms with Crippen LogP contribution in [-0.2, 0) is 35.2 Å². The van der Waals surface area contributed by atoms with E-state index in [1.807, 2.05) is 49.2 Å². The van der Waals surface area contributed by atoms with Gasteiger partial charge in [0.05, 0.1) is 31.1 Å². The van der Waals surface area contributed by atoms with Gasteiger partial charge in [0.2, 0.25) is 11.8 Å². The lowest BCUT2D eigenvalue weighted by atomic mass is 10.0. The molecule has 1 heterocycles. The van der Waals surface area contributed by atoms with E-state index in [0.29, 0.717) is 36.6 Å². The van der Waals surface area contributed by atoms with E-state index in [4.69, 9.17) is 4.74 Å². The van der Waals surface area contributed by atoms with Gasteiger partial charge in [0, 0.05) is 36.8 Å². The van der Waals surface area contributed by atoms with Crippen LogP contribution in [0, 0.1) is 5.92 Å². The molecule has 0 aromatic heterocycles. The highest BCUT2D eigenvalue weighted by Gasteiger charge is 2.32. The molecule has 3 aromatic rings. The molecular weight excluding hydrogens is 559 g/mol. The summed E-state index contributed by atoms with van der Waals surface area (Å²) < 4.78 is 45.5. The second kappa shape index (κ2) is 14.1. The van der Waals surface area contributed by atoms with Crippen LogP contribution in [0.2, 0.25) is 0 Å². The summed E-state index contributed by atoms with van der Waals surface area (Å²) in [5.41, 5.74) is 2.07. The van der Waals surface area contributed by atoms with Crippen LogP contribution >= 0.6 is 0 Å². The normalized spacial score (nSPS) is 18.2. The predicted molar refractivity (Wildman–Crippen MR) is 159 cm³/mol. The number of amides is 2. The summed E-state index contributed by atoms with van der Waals surface area (Å²) >= 11 is 0. The Hall–Kier alpha value is -3.89. The molecule has 0 fully saturated rings. The lowest BCUT2D eigenvalue weighted by Gasteiger charge is -2.34. The van der Waals surface area contributed by atoms with Gasteiger partial charge in [-0.3, -0.25) is 14.5 Å². The molecular formula is C33H38F3N3O4. The van der Waals surface area contributed by atoms with Gasteiger partial charge in [-0.2, -0.15) is 13.2 Å². The fourth-order valence-corrected chi connectivity index (χ4v) is 5.19. The first-order chi connectivity index (χ1) is 20.4. The van der Waals surface area contributed by atoms with E-state index in [1.54, 1.807) is 30.0 Å². The minimum atomic E-state index is -4.39. The summed E-state index contributed by atoms with van der Waals surface area (Å²) in [6.45, 7) is 4.76. The highest BCUT2D eigenvalue weighted by molar-refractivity contribution is 5.92. The lowest BCUT2D eigenvalue weighted by molar-refractivity contribution is -0.137. The fraction of sp³-hybridized carbons (Fsp3) is 0.394. The van der Waals surface area contributed by atoms with Crippen molar-refractivity contribution in [1.82, 2.24) is 9.80 Å². The summed E-state index contributed by atoms with van der Waals surface area (Å²) in [6.07, 6.45) is -4.53. The number of likely N-dealkylation sites (N-methyl/N-ethyl adjacent to an activating group) is 1. The van der Waals surface area contributed by atoms with Crippen LogP contribution in [-0.4, -0.2) is 65.6 Å². The van der Waals surface area contributed by atoms with Gasteiger partial charge in [-0.1, -0.05) is 49.4 Å². The predicted octanol–water partition coefficient (Wildman–Crippen LogP) is 5.17. The average Bonchev–Trinajstić information content (AvgIpc) is 3.00. The van der Waals surface area contributed by atoms with E-state index in [9.17, 15) is 27.9 Å². The number of aliphatic hydroxyl groups excluding tert-OH is 1. The topological polar surface area (TPSA) is 82.1 Å². The Bertz CT molecular complexity index is 1380. The average molecular weight is 598 g/mol. The van der Waals surface area contributed by atoms with Crippen LogP contribution in [0.5, 0.6) is 5.75 Å². The standard InChI is InChI=1S/C33H38F3N3O4/c1-22-18-39(23(2)21-40)32(42)17-26-16-28(37-31(41)15-24-7-5-4-6-8-24)13-14-29(26)43-30(22)20-38(3)19-25-9-11-27(12-10-25)33(34,35)36/h4-14,16,22-23,30,40H,15,17-21H2,1-3H3,(H,37,41)/t22-,23-,30-/m1/s1. The molecule has 7 nitrogen and oxygen atoms in total. The Morgan fingerprint density at radius 1 is 1.09 bits per heavy atom. The first kappa shape index (κ1) is 32.0. The zero-order chi connectivity index (χ0) is 31.1. The molecule has 230 valence electrons. The highest BCUT2D eigenvalue weighted by Crippen LogP contribution is 2.31. The highest BCUT2D eigenvalue weighted by atomic mass is 19.4. The van der Waals surface area contributed by atoms with Crippen molar-refractivity contribution in [2.24, 2.45) is 5.92 Å². The third-order valence-corrected chi connectivity index (χ3v) is 7.63. The van der Waals surface area contributed by atoms with E-state index in [1.165, 1.54) is 12.1 Å². The van der Waals surface area contributed by atoms with Crippen molar-refractivity contribution in [3.05, 3.63) is 95.1 Å². The van der Waals surface area contributed by atoms with Crippen molar-refractivity contribution in [2.45, 2.75) is 51.6 Å². The number of fused-ring (bicyclic) bond motifs is 1. The number of benzene rings is 3. The number of halogens is 3. The van der Waals surface area contributed by atoms with Crippen molar-refractivity contribution < 1.29 is 32.6 Å². The molecule has 3 atom stereocenters. The maximum Gasteiger partial charge on any atom is 0.416 e. The van der Waals surface area contributed by atoms with Crippen LogP contribution in [0.3, 0.4) is 0 Å². The smallest absolute Gasteiger partial charge is 0.416 e. The van der Waals surface area contributed by atoms with Crippen LogP contribution in [0.4, 0.5) is 18.9 Å². The number of hydrogen-bond acceptors (Lipinski definition) is 5. The number of anilines is 1. The summed E-state index contributed by atoms with van der Waals surface area (Å²) in [7, 11) is 1.87. The molecule has 1 aliphatic heterocycles. The molecule has 0 unspecified atom stereocenters. The molecule has 0 saturated carbocycles. The summed E-state index contributed by atoms with van der Waals surface area (Å²) in [6, 6.07) is 19.3. The number of nitrogens with zero attached hydrogens (tertiary/aromatic N) is 2. The van der Waals surface area contributed by atoms with E-state index in [-0.39, 0.29) is 43.3 Å². The van der Waals surface area contributed by atoms with Gasteiger partial charge in [0.15, 0.2) is 0 Å². The Morgan fingerprint density at radius 3 is 2.44 bits per heavy atom.